The average Bonchev–Trinajstić information content (AvgIpc) is 2.59. The molecule has 1 heterocycles. The fourth-order valence-electron chi connectivity index (χ4n) is 2.34. The van der Waals surface area contributed by atoms with Crippen molar-refractivity contribution in [2.45, 2.75) is 6.54 Å². The topological polar surface area (TPSA) is 20.9 Å². The number of nitrogens with zero attached hydrogens (tertiary/aromatic N) is 1. The predicted octanol–water partition coefficient (Wildman–Crippen LogP) is 4.56. The highest BCUT2D eigenvalue weighted by atomic mass is 35.5. The van der Waals surface area contributed by atoms with Crippen LogP contribution in [0, 0.1) is 0 Å². The highest BCUT2D eigenvalue weighted by Gasteiger charge is 2.13. The van der Waals surface area contributed by atoms with Crippen molar-refractivity contribution in [1.29, 1.82) is 0 Å². The first kappa shape index (κ1) is 15.7. The molecular formula is C19H14Cl2NO+. The van der Waals surface area contributed by atoms with Crippen LogP contribution in [0.3, 0.4) is 0 Å². The molecule has 0 saturated carbocycles. The molecule has 0 saturated heterocycles. The zero-order valence-electron chi connectivity index (χ0n) is 12.2. The van der Waals surface area contributed by atoms with Crippen LogP contribution >= 0.6 is 23.2 Å². The number of aromatic nitrogens is 1. The van der Waals surface area contributed by atoms with Gasteiger partial charge in [-0.2, -0.15) is 0 Å². The van der Waals surface area contributed by atoms with Crippen molar-refractivity contribution in [3.8, 4) is 0 Å². The lowest BCUT2D eigenvalue weighted by Crippen LogP contribution is -2.33. The summed E-state index contributed by atoms with van der Waals surface area (Å²) in [6.45, 7) is 0.554. The van der Waals surface area contributed by atoms with Crippen LogP contribution in [0.15, 0.2) is 73.1 Å². The maximum Gasteiger partial charge on any atom is 0.193 e. The number of ketones is 1. The Kier molecular flexibility index (Phi) is 4.75. The van der Waals surface area contributed by atoms with Gasteiger partial charge in [0, 0.05) is 23.3 Å². The minimum atomic E-state index is 0.00789. The Labute approximate surface area is 144 Å². The van der Waals surface area contributed by atoms with Gasteiger partial charge in [0.15, 0.2) is 24.7 Å². The number of carbonyl (C=O) groups is 1. The second kappa shape index (κ2) is 6.95. The van der Waals surface area contributed by atoms with Gasteiger partial charge in [-0.05, 0) is 12.1 Å². The molecule has 4 heteroatoms. The van der Waals surface area contributed by atoms with Crippen molar-refractivity contribution >= 4 is 29.0 Å². The third-order valence-corrected chi connectivity index (χ3v) is 4.30. The molecule has 0 N–H and O–H groups in total. The lowest BCUT2D eigenvalue weighted by atomic mass is 10.0. The van der Waals surface area contributed by atoms with Crippen LogP contribution in [-0.4, -0.2) is 5.78 Å². The summed E-state index contributed by atoms with van der Waals surface area (Å²) in [5.74, 6) is 0.00789. The molecule has 23 heavy (non-hydrogen) atoms. The average molecular weight is 343 g/mol. The van der Waals surface area contributed by atoms with Crippen molar-refractivity contribution in [2.24, 2.45) is 0 Å². The second-order valence-corrected chi connectivity index (χ2v) is 5.97. The lowest BCUT2D eigenvalue weighted by Gasteiger charge is -2.04. The molecule has 0 aliphatic carbocycles. The van der Waals surface area contributed by atoms with Crippen LogP contribution in [0.2, 0.25) is 10.0 Å². The Morgan fingerprint density at radius 3 is 1.96 bits per heavy atom. The Morgan fingerprint density at radius 1 is 0.783 bits per heavy atom. The van der Waals surface area contributed by atoms with Crippen molar-refractivity contribution < 1.29 is 9.36 Å². The number of carbonyl (C=O) groups excluding carboxylic acids is 1. The van der Waals surface area contributed by atoms with E-state index in [2.05, 4.69) is 0 Å². The molecule has 0 radical (unpaired) electrons. The molecule has 0 bridgehead atoms. The second-order valence-electron chi connectivity index (χ2n) is 5.15. The Morgan fingerprint density at radius 2 is 1.35 bits per heavy atom. The number of halogens is 2. The first-order chi connectivity index (χ1) is 11.1. The molecule has 2 aromatic carbocycles. The van der Waals surface area contributed by atoms with E-state index in [1.54, 1.807) is 12.1 Å². The Balaban J connectivity index is 1.81. The van der Waals surface area contributed by atoms with Gasteiger partial charge in [0.05, 0.1) is 15.6 Å². The molecule has 0 spiro atoms. The van der Waals surface area contributed by atoms with E-state index < -0.39 is 0 Å². The van der Waals surface area contributed by atoms with E-state index in [9.17, 15) is 4.79 Å². The van der Waals surface area contributed by atoms with Gasteiger partial charge in [-0.15, -0.1) is 0 Å². The SMILES string of the molecule is O=C(c1ccccc1)c1cc[n+](Cc2c(Cl)cccc2Cl)cc1. The zero-order valence-corrected chi connectivity index (χ0v) is 13.8. The minimum Gasteiger partial charge on any atom is -0.289 e. The summed E-state index contributed by atoms with van der Waals surface area (Å²) in [6, 6.07) is 18.3. The number of pyridine rings is 1. The molecular weight excluding hydrogens is 329 g/mol. The minimum absolute atomic E-state index is 0.00789. The van der Waals surface area contributed by atoms with Gasteiger partial charge < -0.3 is 0 Å². The summed E-state index contributed by atoms with van der Waals surface area (Å²) in [5, 5.41) is 1.27. The maximum atomic E-state index is 12.4. The van der Waals surface area contributed by atoms with Gasteiger partial charge in [0.2, 0.25) is 0 Å². The normalized spacial score (nSPS) is 10.5. The number of rotatable bonds is 4. The molecule has 114 valence electrons. The van der Waals surface area contributed by atoms with E-state index in [0.717, 1.165) is 5.56 Å². The lowest BCUT2D eigenvalue weighted by molar-refractivity contribution is -0.688. The standard InChI is InChI=1S/C19H14Cl2NO/c20-17-7-4-8-18(21)16(17)13-22-11-9-15(10-12-22)19(23)14-5-2-1-3-6-14/h1-12H,13H2/q+1. The van der Waals surface area contributed by atoms with E-state index >= 15 is 0 Å². The highest BCUT2D eigenvalue weighted by Crippen LogP contribution is 2.23. The third-order valence-electron chi connectivity index (χ3n) is 3.59. The third kappa shape index (κ3) is 3.61. The summed E-state index contributed by atoms with van der Waals surface area (Å²) < 4.78 is 1.94. The van der Waals surface area contributed by atoms with Gasteiger partial charge >= 0.3 is 0 Å². The van der Waals surface area contributed by atoms with Crippen LogP contribution in [-0.2, 0) is 6.54 Å². The molecule has 3 aromatic rings. The van der Waals surface area contributed by atoms with Crippen LogP contribution < -0.4 is 4.57 Å². The summed E-state index contributed by atoms with van der Waals surface area (Å²) >= 11 is 12.4. The molecule has 0 amide bonds. The van der Waals surface area contributed by atoms with Gasteiger partial charge in [0.25, 0.3) is 0 Å². The quantitative estimate of drug-likeness (QED) is 0.503. The summed E-state index contributed by atoms with van der Waals surface area (Å²) in [7, 11) is 0. The van der Waals surface area contributed by atoms with Crippen LogP contribution in [0.5, 0.6) is 0 Å². The molecule has 0 fully saturated rings. The van der Waals surface area contributed by atoms with E-state index in [0.29, 0.717) is 27.7 Å². The molecule has 0 aliphatic heterocycles. The van der Waals surface area contributed by atoms with E-state index in [1.807, 2.05) is 65.5 Å². The van der Waals surface area contributed by atoms with E-state index in [4.69, 9.17) is 23.2 Å². The van der Waals surface area contributed by atoms with Gasteiger partial charge in [-0.3, -0.25) is 4.79 Å². The zero-order chi connectivity index (χ0) is 16.2. The maximum absolute atomic E-state index is 12.4. The van der Waals surface area contributed by atoms with Crippen molar-refractivity contribution in [3.05, 3.63) is 99.8 Å². The first-order valence-electron chi connectivity index (χ1n) is 7.17. The number of hydrogen-bond donors (Lipinski definition) is 0. The van der Waals surface area contributed by atoms with Crippen LogP contribution in [0.4, 0.5) is 0 Å². The van der Waals surface area contributed by atoms with E-state index in [1.165, 1.54) is 0 Å². The number of benzene rings is 2. The smallest absolute Gasteiger partial charge is 0.193 e. The number of hydrogen-bond acceptors (Lipinski definition) is 1. The fraction of sp³-hybridized carbons (Fsp3) is 0.0526. The Hall–Kier alpha value is -2.16. The largest absolute Gasteiger partial charge is 0.289 e. The molecule has 2 nitrogen and oxygen atoms in total. The van der Waals surface area contributed by atoms with E-state index in [-0.39, 0.29) is 5.78 Å². The van der Waals surface area contributed by atoms with Crippen LogP contribution in [0.1, 0.15) is 21.5 Å². The predicted molar refractivity (Wildman–Crippen MR) is 92.1 cm³/mol. The van der Waals surface area contributed by atoms with Crippen LogP contribution in [0.25, 0.3) is 0 Å². The van der Waals surface area contributed by atoms with Crippen molar-refractivity contribution in [2.75, 3.05) is 0 Å². The van der Waals surface area contributed by atoms with Crippen molar-refractivity contribution in [1.82, 2.24) is 0 Å². The summed E-state index contributed by atoms with van der Waals surface area (Å²) in [5.41, 5.74) is 2.19. The fourth-order valence-corrected chi connectivity index (χ4v) is 2.85. The molecule has 0 atom stereocenters. The molecule has 0 unspecified atom stereocenters. The molecule has 1 aromatic heterocycles. The first-order valence-corrected chi connectivity index (χ1v) is 7.92. The highest BCUT2D eigenvalue weighted by molar-refractivity contribution is 6.35. The summed E-state index contributed by atoms with van der Waals surface area (Å²) in [4.78, 5) is 12.4. The monoisotopic (exact) mass is 342 g/mol. The van der Waals surface area contributed by atoms with Gasteiger partial charge in [0.1, 0.15) is 0 Å². The Bertz CT molecular complexity index is 809. The van der Waals surface area contributed by atoms with Crippen molar-refractivity contribution in [3.63, 3.8) is 0 Å². The molecule has 3 rings (SSSR count). The summed E-state index contributed by atoms with van der Waals surface area (Å²) in [6.07, 6.45) is 3.71. The van der Waals surface area contributed by atoms with Gasteiger partial charge in [-0.1, -0.05) is 59.6 Å². The van der Waals surface area contributed by atoms with Gasteiger partial charge in [-0.25, -0.2) is 4.57 Å². The molecule has 0 aliphatic rings.